The summed E-state index contributed by atoms with van der Waals surface area (Å²) in [7, 11) is -3.79. The average molecular weight is 414 g/mol. The van der Waals surface area contributed by atoms with Crippen molar-refractivity contribution < 1.29 is 17.7 Å². The van der Waals surface area contributed by atoms with E-state index in [0.29, 0.717) is 30.1 Å². The molecule has 0 saturated heterocycles. The van der Waals surface area contributed by atoms with E-state index < -0.39 is 10.0 Å². The lowest BCUT2D eigenvalue weighted by Gasteiger charge is -2.15. The summed E-state index contributed by atoms with van der Waals surface area (Å²) in [4.78, 5) is 16.6. The molecular formula is C20H22N4O4S. The number of carbonyl (C=O) groups excluding carboxylic acids is 1. The molecule has 29 heavy (non-hydrogen) atoms. The first-order valence-electron chi connectivity index (χ1n) is 9.13. The number of nitrogens with zero attached hydrogens (tertiary/aromatic N) is 2. The number of nitrogens with one attached hydrogen (secondary N) is 1. The number of nitrogens with two attached hydrogens (primary N) is 1. The predicted octanol–water partition coefficient (Wildman–Crippen LogP) is 2.58. The Labute approximate surface area is 169 Å². The van der Waals surface area contributed by atoms with E-state index in [4.69, 9.17) is 9.66 Å². The number of sulfonamides is 1. The second kappa shape index (κ2) is 8.97. The highest BCUT2D eigenvalue weighted by molar-refractivity contribution is 7.89. The van der Waals surface area contributed by atoms with Crippen molar-refractivity contribution in [2.45, 2.75) is 37.1 Å². The van der Waals surface area contributed by atoms with Crippen molar-refractivity contribution in [2.75, 3.05) is 0 Å². The first-order valence-corrected chi connectivity index (χ1v) is 10.7. The molecule has 3 rings (SSSR count). The second-order valence-corrected chi connectivity index (χ2v) is 8.20. The van der Waals surface area contributed by atoms with Gasteiger partial charge in [-0.05, 0) is 31.0 Å². The van der Waals surface area contributed by atoms with Gasteiger partial charge < -0.3 is 9.84 Å². The Kier molecular flexibility index (Phi) is 6.40. The molecule has 8 nitrogen and oxygen atoms in total. The first kappa shape index (κ1) is 20.7. The van der Waals surface area contributed by atoms with Gasteiger partial charge in [0, 0.05) is 18.4 Å². The van der Waals surface area contributed by atoms with Crippen molar-refractivity contribution in [3.63, 3.8) is 0 Å². The van der Waals surface area contributed by atoms with Crippen LogP contribution in [-0.2, 0) is 21.2 Å². The van der Waals surface area contributed by atoms with Gasteiger partial charge >= 0.3 is 0 Å². The number of amides is 1. The number of hydrogen-bond donors (Lipinski definition) is 2. The van der Waals surface area contributed by atoms with Crippen LogP contribution in [0.3, 0.4) is 0 Å². The Morgan fingerprint density at radius 3 is 2.66 bits per heavy atom. The highest BCUT2D eigenvalue weighted by atomic mass is 32.2. The summed E-state index contributed by atoms with van der Waals surface area (Å²) in [6.45, 7) is 1.78. The van der Waals surface area contributed by atoms with Crippen molar-refractivity contribution >= 4 is 15.9 Å². The first-order chi connectivity index (χ1) is 13.8. The van der Waals surface area contributed by atoms with Crippen LogP contribution in [0.25, 0.3) is 11.4 Å². The highest BCUT2D eigenvalue weighted by Gasteiger charge is 2.14. The van der Waals surface area contributed by atoms with Crippen LogP contribution in [-0.4, -0.2) is 24.5 Å². The number of aryl methyl sites for hydroxylation is 1. The maximum atomic E-state index is 12.2. The van der Waals surface area contributed by atoms with E-state index in [-0.39, 0.29) is 23.3 Å². The molecule has 0 aliphatic rings. The molecule has 0 fully saturated rings. The smallest absolute Gasteiger partial charge is 0.238 e. The quantitative estimate of drug-likeness (QED) is 0.583. The fourth-order valence-electron chi connectivity index (χ4n) is 2.82. The molecule has 1 amide bonds. The lowest BCUT2D eigenvalue weighted by Crippen LogP contribution is -2.26. The number of rotatable bonds is 8. The van der Waals surface area contributed by atoms with Gasteiger partial charge in [-0.15, -0.1) is 0 Å². The molecule has 2 aromatic carbocycles. The van der Waals surface area contributed by atoms with Crippen molar-refractivity contribution in [2.24, 2.45) is 5.14 Å². The maximum absolute atomic E-state index is 12.2. The standard InChI is InChI=1S/C20H22N4O4S/c1-14(16-9-5-10-17(13-16)29(21,26)27)22-18(25)11-6-12-19-23-20(24-28-19)15-7-3-2-4-8-15/h2-5,7-10,13-14H,6,11-12H2,1H3,(H,22,25)(H2,21,26,27). The third kappa shape index (κ3) is 5.72. The fraction of sp³-hybridized carbons (Fsp3) is 0.250. The Morgan fingerprint density at radius 1 is 1.17 bits per heavy atom. The van der Waals surface area contributed by atoms with Crippen molar-refractivity contribution in [3.8, 4) is 11.4 Å². The van der Waals surface area contributed by atoms with Gasteiger partial charge in [-0.3, -0.25) is 4.79 Å². The van der Waals surface area contributed by atoms with E-state index in [0.717, 1.165) is 5.56 Å². The van der Waals surface area contributed by atoms with Gasteiger partial charge in [0.05, 0.1) is 10.9 Å². The van der Waals surface area contributed by atoms with Crippen molar-refractivity contribution in [1.29, 1.82) is 0 Å². The Bertz CT molecular complexity index is 1080. The molecule has 0 bridgehead atoms. The molecule has 1 unspecified atom stereocenters. The molecule has 0 radical (unpaired) electrons. The van der Waals surface area contributed by atoms with Crippen molar-refractivity contribution in [1.82, 2.24) is 15.5 Å². The van der Waals surface area contributed by atoms with Crippen LogP contribution in [0.15, 0.2) is 64.0 Å². The van der Waals surface area contributed by atoms with E-state index in [1.807, 2.05) is 30.3 Å². The van der Waals surface area contributed by atoms with E-state index in [9.17, 15) is 13.2 Å². The minimum Gasteiger partial charge on any atom is -0.350 e. The van der Waals surface area contributed by atoms with Gasteiger partial charge in [-0.1, -0.05) is 47.6 Å². The normalized spacial score (nSPS) is 12.5. The topological polar surface area (TPSA) is 128 Å². The number of aromatic nitrogens is 2. The highest BCUT2D eigenvalue weighted by Crippen LogP contribution is 2.18. The number of carbonyl (C=O) groups is 1. The van der Waals surface area contributed by atoms with E-state index >= 15 is 0 Å². The summed E-state index contributed by atoms with van der Waals surface area (Å²) < 4.78 is 28.2. The summed E-state index contributed by atoms with van der Waals surface area (Å²) in [6.07, 6.45) is 1.32. The van der Waals surface area contributed by atoms with Crippen LogP contribution in [0.2, 0.25) is 0 Å². The Balaban J connectivity index is 1.50. The zero-order valence-electron chi connectivity index (χ0n) is 15.9. The molecule has 9 heteroatoms. The zero-order valence-corrected chi connectivity index (χ0v) is 16.7. The second-order valence-electron chi connectivity index (χ2n) is 6.64. The Morgan fingerprint density at radius 2 is 1.93 bits per heavy atom. The lowest BCUT2D eigenvalue weighted by molar-refractivity contribution is -0.121. The minimum absolute atomic E-state index is 0.0155. The summed E-state index contributed by atoms with van der Waals surface area (Å²) in [6, 6.07) is 15.4. The summed E-state index contributed by atoms with van der Waals surface area (Å²) in [5, 5.41) is 12.0. The molecule has 3 N–H and O–H groups in total. The van der Waals surface area contributed by atoms with Gasteiger partial charge in [-0.2, -0.15) is 4.98 Å². The SMILES string of the molecule is CC(NC(=O)CCCc1nc(-c2ccccc2)no1)c1cccc(S(N)(=O)=O)c1. The van der Waals surface area contributed by atoms with Gasteiger partial charge in [0.2, 0.25) is 27.6 Å². The molecule has 0 spiro atoms. The minimum atomic E-state index is -3.79. The predicted molar refractivity (Wildman–Crippen MR) is 107 cm³/mol. The van der Waals surface area contributed by atoms with Gasteiger partial charge in [-0.25, -0.2) is 13.6 Å². The maximum Gasteiger partial charge on any atom is 0.238 e. The van der Waals surface area contributed by atoms with Gasteiger partial charge in [0.15, 0.2) is 0 Å². The molecule has 0 saturated carbocycles. The molecule has 1 heterocycles. The Hall–Kier alpha value is -3.04. The molecule has 3 aromatic rings. The monoisotopic (exact) mass is 414 g/mol. The third-order valence-corrected chi connectivity index (χ3v) is 5.27. The molecule has 0 aliphatic heterocycles. The van der Waals surface area contributed by atoms with Crippen LogP contribution < -0.4 is 10.5 Å². The molecule has 152 valence electrons. The lowest BCUT2D eigenvalue weighted by atomic mass is 10.1. The molecule has 0 aliphatic carbocycles. The summed E-state index contributed by atoms with van der Waals surface area (Å²) in [5.41, 5.74) is 1.53. The fourth-order valence-corrected chi connectivity index (χ4v) is 3.39. The number of primary sulfonamides is 1. The molecular weight excluding hydrogens is 392 g/mol. The molecule has 1 atom stereocenters. The van der Waals surface area contributed by atoms with E-state index in [1.165, 1.54) is 12.1 Å². The third-order valence-electron chi connectivity index (χ3n) is 4.36. The van der Waals surface area contributed by atoms with Gasteiger partial charge in [0.1, 0.15) is 0 Å². The van der Waals surface area contributed by atoms with Gasteiger partial charge in [0.25, 0.3) is 0 Å². The zero-order chi connectivity index (χ0) is 20.9. The number of hydrogen-bond acceptors (Lipinski definition) is 6. The van der Waals surface area contributed by atoms with Crippen LogP contribution in [0, 0.1) is 0 Å². The van der Waals surface area contributed by atoms with E-state index in [2.05, 4.69) is 15.5 Å². The summed E-state index contributed by atoms with van der Waals surface area (Å²) in [5.74, 6) is 0.847. The average Bonchev–Trinajstić information content (AvgIpc) is 3.17. The van der Waals surface area contributed by atoms with Crippen LogP contribution in [0.5, 0.6) is 0 Å². The molecule has 1 aromatic heterocycles. The largest absolute Gasteiger partial charge is 0.350 e. The van der Waals surface area contributed by atoms with Crippen LogP contribution in [0.4, 0.5) is 0 Å². The van der Waals surface area contributed by atoms with Crippen LogP contribution in [0.1, 0.15) is 37.3 Å². The van der Waals surface area contributed by atoms with Crippen LogP contribution >= 0.6 is 0 Å². The summed E-state index contributed by atoms with van der Waals surface area (Å²) >= 11 is 0. The van der Waals surface area contributed by atoms with E-state index in [1.54, 1.807) is 19.1 Å². The number of benzene rings is 2. The van der Waals surface area contributed by atoms with Crippen molar-refractivity contribution in [3.05, 3.63) is 66.1 Å².